The van der Waals surface area contributed by atoms with Crippen molar-refractivity contribution in [3.63, 3.8) is 0 Å². The molecule has 0 spiro atoms. The Hall–Kier alpha value is -6.09. The van der Waals surface area contributed by atoms with Crippen molar-refractivity contribution in [2.75, 3.05) is 27.2 Å². The quantitative estimate of drug-likeness (QED) is 0.0738. The van der Waals surface area contributed by atoms with E-state index in [0.717, 1.165) is 55.2 Å². The molecule has 2 aliphatic carbocycles. The molecule has 3 unspecified atom stereocenters. The fraction of sp³-hybridized carbons (Fsp3) is 0.491. The number of benzene rings is 4. The summed E-state index contributed by atoms with van der Waals surface area (Å²) in [5, 5.41) is 19.5. The Morgan fingerprint density at radius 3 is 1.99 bits per heavy atom. The molecule has 8 rings (SSSR count). The highest BCUT2D eigenvalue weighted by Gasteiger charge is 2.43. The second-order valence-corrected chi connectivity index (χ2v) is 21.1. The van der Waals surface area contributed by atoms with E-state index in [2.05, 4.69) is 89.1 Å². The van der Waals surface area contributed by atoms with E-state index in [-0.39, 0.29) is 78.3 Å². The number of carbonyl (C=O) groups is 5. The Labute approximate surface area is 419 Å². The van der Waals surface area contributed by atoms with E-state index in [4.69, 9.17) is 4.74 Å². The van der Waals surface area contributed by atoms with Crippen LogP contribution in [0.1, 0.15) is 128 Å². The lowest BCUT2D eigenvalue weighted by molar-refractivity contribution is -0.141. The molecule has 2 heterocycles. The molecule has 4 aliphatic rings. The first-order chi connectivity index (χ1) is 34.2. The molecule has 14 nitrogen and oxygen atoms in total. The zero-order chi connectivity index (χ0) is 50.2. The Bertz CT molecular complexity index is 2510. The van der Waals surface area contributed by atoms with Gasteiger partial charge in [0.05, 0.1) is 30.3 Å². The van der Waals surface area contributed by atoms with Gasteiger partial charge in [-0.3, -0.25) is 29.3 Å². The van der Waals surface area contributed by atoms with Gasteiger partial charge in [-0.2, -0.15) is 0 Å². The lowest BCUT2D eigenvalue weighted by Crippen LogP contribution is -2.56. The van der Waals surface area contributed by atoms with Crippen LogP contribution < -0.4 is 36.6 Å². The SMILES string of the molecule is CNC(C(=O)N1C[C@@H](NC(=O)c2ccc(COc3ccc(C[C@H](NC(=O)[C@H](C)NC)C(=O)N4CCCC4C(=O)N[C@@H]4CCCc5ccccc54)cc3)cc2)CC1N[C@@H]1CCCc2ccccc21)C(C)(C)C. The minimum atomic E-state index is -0.878. The van der Waals surface area contributed by atoms with E-state index >= 15 is 0 Å². The maximum atomic E-state index is 14.3. The van der Waals surface area contributed by atoms with Crippen molar-refractivity contribution in [1.29, 1.82) is 0 Å². The van der Waals surface area contributed by atoms with Crippen LogP contribution in [0.3, 0.4) is 0 Å². The largest absolute Gasteiger partial charge is 0.489 e. The number of hydrogen-bond donors (Lipinski definition) is 6. The average Bonchev–Trinajstić information content (AvgIpc) is 4.03. The first-order valence-corrected chi connectivity index (χ1v) is 25.8. The zero-order valence-electron chi connectivity index (χ0n) is 42.4. The van der Waals surface area contributed by atoms with Crippen molar-refractivity contribution in [3.8, 4) is 5.75 Å². The van der Waals surface area contributed by atoms with Crippen LogP contribution in [0, 0.1) is 5.41 Å². The number of hydrogen-bond acceptors (Lipinski definition) is 9. The van der Waals surface area contributed by atoms with Crippen molar-refractivity contribution in [3.05, 3.63) is 136 Å². The summed E-state index contributed by atoms with van der Waals surface area (Å²) in [6, 6.07) is 29.0. The summed E-state index contributed by atoms with van der Waals surface area (Å²) in [5.74, 6) is -0.279. The summed E-state index contributed by atoms with van der Waals surface area (Å²) in [4.78, 5) is 72.8. The minimum Gasteiger partial charge on any atom is -0.489 e. The van der Waals surface area contributed by atoms with Crippen molar-refractivity contribution in [2.45, 2.75) is 147 Å². The van der Waals surface area contributed by atoms with E-state index in [1.807, 2.05) is 60.5 Å². The number of likely N-dealkylation sites (tertiary alicyclic amines) is 2. The zero-order valence-corrected chi connectivity index (χ0v) is 42.4. The fourth-order valence-corrected chi connectivity index (χ4v) is 11.0. The molecule has 0 radical (unpaired) electrons. The van der Waals surface area contributed by atoms with Crippen LogP contribution in [0.4, 0.5) is 0 Å². The molecule has 5 amide bonds. The van der Waals surface area contributed by atoms with Gasteiger partial charge >= 0.3 is 0 Å². The van der Waals surface area contributed by atoms with Gasteiger partial charge in [0.25, 0.3) is 5.91 Å². The van der Waals surface area contributed by atoms with Gasteiger partial charge in [0.15, 0.2) is 0 Å². The van der Waals surface area contributed by atoms with Crippen LogP contribution in [-0.4, -0.2) is 103 Å². The topological polar surface area (TPSA) is 173 Å². The number of nitrogens with zero attached hydrogens (tertiary/aromatic N) is 2. The molecule has 2 aliphatic heterocycles. The number of likely N-dealkylation sites (N-methyl/N-ethyl adjacent to an activating group) is 2. The van der Waals surface area contributed by atoms with Crippen LogP contribution in [0.15, 0.2) is 97.1 Å². The number of amides is 5. The maximum absolute atomic E-state index is 14.3. The van der Waals surface area contributed by atoms with Crippen LogP contribution >= 0.6 is 0 Å². The van der Waals surface area contributed by atoms with E-state index in [0.29, 0.717) is 43.7 Å². The summed E-state index contributed by atoms with van der Waals surface area (Å²) < 4.78 is 6.16. The van der Waals surface area contributed by atoms with Gasteiger partial charge in [-0.15, -0.1) is 0 Å². The van der Waals surface area contributed by atoms with Gasteiger partial charge < -0.3 is 41.1 Å². The Kier molecular flexibility index (Phi) is 16.6. The molecule has 4 aromatic carbocycles. The van der Waals surface area contributed by atoms with Crippen LogP contribution in [0.25, 0.3) is 0 Å². The molecule has 2 fully saturated rings. The van der Waals surface area contributed by atoms with Crippen LogP contribution in [0.2, 0.25) is 0 Å². The van der Waals surface area contributed by atoms with Crippen LogP contribution in [0.5, 0.6) is 5.75 Å². The van der Waals surface area contributed by atoms with Gasteiger partial charge in [0.1, 0.15) is 24.4 Å². The van der Waals surface area contributed by atoms with E-state index in [1.165, 1.54) is 16.7 Å². The number of nitrogens with one attached hydrogen (secondary N) is 6. The highest BCUT2D eigenvalue weighted by molar-refractivity contribution is 5.95. The molecule has 0 aromatic heterocycles. The normalized spacial score (nSPS) is 22.1. The van der Waals surface area contributed by atoms with Gasteiger partial charge in [-0.1, -0.05) is 93.6 Å². The van der Waals surface area contributed by atoms with Crippen molar-refractivity contribution >= 4 is 29.5 Å². The molecule has 2 saturated heterocycles. The summed E-state index contributed by atoms with van der Waals surface area (Å²) >= 11 is 0. The monoisotopic (exact) mass is 967 g/mol. The van der Waals surface area contributed by atoms with Crippen molar-refractivity contribution < 1.29 is 28.7 Å². The Morgan fingerprint density at radius 1 is 0.704 bits per heavy atom. The highest BCUT2D eigenvalue weighted by Crippen LogP contribution is 2.34. The molecule has 378 valence electrons. The molecule has 0 saturated carbocycles. The molecule has 6 N–H and O–H groups in total. The molecule has 0 bridgehead atoms. The molecule has 71 heavy (non-hydrogen) atoms. The molecular formula is C57H74N8O6. The van der Waals surface area contributed by atoms with Gasteiger partial charge in [-0.25, -0.2) is 0 Å². The molecule has 4 aromatic rings. The average molecular weight is 967 g/mol. The minimum absolute atomic E-state index is 0.0229. The third-order valence-electron chi connectivity index (χ3n) is 15.0. The number of rotatable bonds is 17. The van der Waals surface area contributed by atoms with E-state index in [1.54, 1.807) is 31.0 Å². The predicted molar refractivity (Wildman–Crippen MR) is 275 cm³/mol. The number of fused-ring (bicyclic) bond motifs is 2. The number of carbonyl (C=O) groups excluding carboxylic acids is 5. The molecule has 8 atom stereocenters. The van der Waals surface area contributed by atoms with Gasteiger partial charge in [0, 0.05) is 37.5 Å². The maximum Gasteiger partial charge on any atom is 0.251 e. The summed E-state index contributed by atoms with van der Waals surface area (Å²) in [7, 11) is 3.53. The Morgan fingerprint density at radius 2 is 1.34 bits per heavy atom. The molecular weight excluding hydrogens is 893 g/mol. The fourth-order valence-electron chi connectivity index (χ4n) is 11.0. The predicted octanol–water partition coefficient (Wildman–Crippen LogP) is 6.04. The summed E-state index contributed by atoms with van der Waals surface area (Å²) in [5.41, 5.74) is 6.96. The number of ether oxygens (including phenoxy) is 1. The first-order valence-electron chi connectivity index (χ1n) is 25.8. The molecule has 14 heteroatoms. The second kappa shape index (κ2) is 23.0. The third-order valence-corrected chi connectivity index (χ3v) is 15.0. The van der Waals surface area contributed by atoms with Gasteiger partial charge in [-0.05, 0) is 135 Å². The van der Waals surface area contributed by atoms with E-state index in [9.17, 15) is 24.0 Å². The second-order valence-electron chi connectivity index (χ2n) is 21.1. The summed E-state index contributed by atoms with van der Waals surface area (Å²) in [6.07, 6.45) is 7.81. The van der Waals surface area contributed by atoms with Crippen molar-refractivity contribution in [2.24, 2.45) is 5.41 Å². The standard InChI is InChI=1S/C57H74N8O6/c1-36(58-5)52(66)63-48(55(69)64-31-13-22-49(64)54(68)62-47-21-12-17-40-15-8-10-19-45(40)47)32-37-25-29-43(30-26-37)71-35-38-23-27-41(28-24-38)53(67)60-42-33-50(65(34-42)56(70)51(59-6)57(2,3)4)61-46-20-11-16-39-14-7-9-18-44(39)46/h7-10,14-15,18-19,23-30,36,42,46-51,58-59,61H,11-13,16-17,20-22,31-35H2,1-6H3,(H,60,67)(H,62,68)(H,63,66)/t36-,42-,46+,47+,48-,49?,50?,51?/m0/s1. The van der Waals surface area contributed by atoms with Crippen LogP contribution in [-0.2, 0) is 45.0 Å². The van der Waals surface area contributed by atoms with E-state index < -0.39 is 18.1 Å². The summed E-state index contributed by atoms with van der Waals surface area (Å²) in [6.45, 7) is 9.05. The Balaban J connectivity index is 0.866. The smallest absolute Gasteiger partial charge is 0.251 e. The lowest BCUT2D eigenvalue weighted by Gasteiger charge is -2.37. The number of aryl methyl sites for hydroxylation is 2. The first kappa shape index (κ1) is 51.3. The van der Waals surface area contributed by atoms with Gasteiger partial charge in [0.2, 0.25) is 23.6 Å². The lowest BCUT2D eigenvalue weighted by atomic mass is 9.85. The third kappa shape index (κ3) is 12.3. The van der Waals surface area contributed by atoms with Crippen molar-refractivity contribution in [1.82, 2.24) is 41.7 Å². The highest BCUT2D eigenvalue weighted by atomic mass is 16.5.